The van der Waals surface area contributed by atoms with Crippen LogP contribution in [-0.2, 0) is 0 Å². The van der Waals surface area contributed by atoms with E-state index in [4.69, 9.17) is 5.73 Å². The van der Waals surface area contributed by atoms with Gasteiger partial charge in [-0.3, -0.25) is 4.79 Å². The molecule has 0 atom stereocenters. The zero-order valence-electron chi connectivity index (χ0n) is 12.9. The van der Waals surface area contributed by atoms with Gasteiger partial charge in [0.1, 0.15) is 0 Å². The molecule has 21 heavy (non-hydrogen) atoms. The lowest BCUT2D eigenvalue weighted by Crippen LogP contribution is -2.25. The van der Waals surface area contributed by atoms with Crippen LogP contribution in [-0.4, -0.2) is 12.5 Å². The number of benzene rings is 2. The van der Waals surface area contributed by atoms with E-state index < -0.39 is 0 Å². The summed E-state index contributed by atoms with van der Waals surface area (Å²) in [6, 6.07) is 11.7. The number of fused-ring (bicyclic) bond motifs is 1. The van der Waals surface area contributed by atoms with Gasteiger partial charge in [-0.05, 0) is 35.2 Å². The number of nitrogen functional groups attached to an aromatic ring is 1. The summed E-state index contributed by atoms with van der Waals surface area (Å²) >= 11 is 0. The van der Waals surface area contributed by atoms with Crippen molar-refractivity contribution in [2.75, 3.05) is 12.3 Å². The molecule has 0 spiro atoms. The fourth-order valence-electron chi connectivity index (χ4n) is 2.43. The predicted molar refractivity (Wildman–Crippen MR) is 89.4 cm³/mol. The molecular weight excluding hydrogens is 260 g/mol. The van der Waals surface area contributed by atoms with Gasteiger partial charge in [0, 0.05) is 12.2 Å². The summed E-state index contributed by atoms with van der Waals surface area (Å²) < 4.78 is 0. The number of unbranched alkanes of at least 4 members (excludes halogenated alkanes) is 1. The summed E-state index contributed by atoms with van der Waals surface area (Å²) in [5.74, 6) is 0.639. The van der Waals surface area contributed by atoms with Gasteiger partial charge in [-0.15, -0.1) is 0 Å². The van der Waals surface area contributed by atoms with E-state index in [-0.39, 0.29) is 5.91 Å². The first-order valence-electron chi connectivity index (χ1n) is 7.64. The molecule has 0 saturated heterocycles. The highest BCUT2D eigenvalue weighted by Crippen LogP contribution is 2.21. The Labute approximate surface area is 126 Å². The second kappa shape index (κ2) is 7.11. The number of carbonyl (C=O) groups excluding carboxylic acids is 1. The molecule has 0 heterocycles. The third-order valence-corrected chi connectivity index (χ3v) is 3.66. The molecular formula is C18H24N2O. The fourth-order valence-corrected chi connectivity index (χ4v) is 2.43. The van der Waals surface area contributed by atoms with Crippen molar-refractivity contribution in [2.45, 2.75) is 33.1 Å². The van der Waals surface area contributed by atoms with Gasteiger partial charge < -0.3 is 11.1 Å². The first-order chi connectivity index (χ1) is 10.1. The number of anilines is 1. The first kappa shape index (κ1) is 15.4. The molecule has 0 aliphatic rings. The van der Waals surface area contributed by atoms with Crippen LogP contribution in [0.5, 0.6) is 0 Å². The highest BCUT2D eigenvalue weighted by atomic mass is 16.1. The molecule has 3 heteroatoms. The molecule has 3 N–H and O–H groups in total. The number of carbonyl (C=O) groups is 1. The van der Waals surface area contributed by atoms with Crippen molar-refractivity contribution in [3.63, 3.8) is 0 Å². The largest absolute Gasteiger partial charge is 0.398 e. The Morgan fingerprint density at radius 2 is 1.81 bits per heavy atom. The summed E-state index contributed by atoms with van der Waals surface area (Å²) in [4.78, 5) is 12.2. The smallest absolute Gasteiger partial charge is 0.253 e. The number of hydrogen-bond donors (Lipinski definition) is 2. The minimum absolute atomic E-state index is 0.0807. The quantitative estimate of drug-likeness (QED) is 0.622. The average molecular weight is 284 g/mol. The third kappa shape index (κ3) is 4.22. The van der Waals surface area contributed by atoms with Crippen LogP contribution in [0.2, 0.25) is 0 Å². The maximum absolute atomic E-state index is 12.2. The second-order valence-electron chi connectivity index (χ2n) is 5.93. The molecule has 1 amide bonds. The molecule has 2 rings (SSSR count). The lowest BCUT2D eigenvalue weighted by molar-refractivity contribution is 0.0954. The molecule has 0 aliphatic carbocycles. The van der Waals surface area contributed by atoms with Crippen LogP contribution >= 0.6 is 0 Å². The Kier molecular flexibility index (Phi) is 5.20. The topological polar surface area (TPSA) is 55.1 Å². The summed E-state index contributed by atoms with van der Waals surface area (Å²) in [6.07, 6.45) is 3.36. The predicted octanol–water partition coefficient (Wildman–Crippen LogP) is 3.98. The highest BCUT2D eigenvalue weighted by molar-refractivity contribution is 6.03. The number of amides is 1. The molecule has 2 aromatic carbocycles. The molecule has 3 nitrogen and oxygen atoms in total. The van der Waals surface area contributed by atoms with Crippen molar-refractivity contribution in [1.82, 2.24) is 5.32 Å². The minimum Gasteiger partial charge on any atom is -0.398 e. The third-order valence-electron chi connectivity index (χ3n) is 3.66. The van der Waals surface area contributed by atoms with E-state index in [0.717, 1.165) is 29.5 Å². The molecule has 0 aromatic heterocycles. The highest BCUT2D eigenvalue weighted by Gasteiger charge is 2.10. The van der Waals surface area contributed by atoms with Gasteiger partial charge >= 0.3 is 0 Å². The van der Waals surface area contributed by atoms with Crippen molar-refractivity contribution in [3.8, 4) is 0 Å². The van der Waals surface area contributed by atoms with E-state index in [0.29, 0.717) is 17.8 Å². The van der Waals surface area contributed by atoms with E-state index in [1.165, 1.54) is 6.42 Å². The number of nitrogens with one attached hydrogen (secondary N) is 1. The second-order valence-corrected chi connectivity index (χ2v) is 5.93. The Hall–Kier alpha value is -2.03. The van der Waals surface area contributed by atoms with Crippen molar-refractivity contribution >= 4 is 22.4 Å². The van der Waals surface area contributed by atoms with E-state index in [2.05, 4.69) is 19.2 Å². The van der Waals surface area contributed by atoms with Crippen LogP contribution in [0.3, 0.4) is 0 Å². The normalized spacial score (nSPS) is 11.0. The summed E-state index contributed by atoms with van der Waals surface area (Å²) in [7, 11) is 0. The molecule has 112 valence electrons. The molecule has 0 radical (unpaired) electrons. The zero-order valence-corrected chi connectivity index (χ0v) is 12.9. The number of hydrogen-bond acceptors (Lipinski definition) is 2. The molecule has 0 unspecified atom stereocenters. The Bertz CT molecular complexity index is 620. The van der Waals surface area contributed by atoms with Crippen molar-refractivity contribution in [1.29, 1.82) is 0 Å². The number of rotatable bonds is 6. The summed E-state index contributed by atoms with van der Waals surface area (Å²) in [5, 5.41) is 5.06. The van der Waals surface area contributed by atoms with Gasteiger partial charge in [0.05, 0.1) is 5.56 Å². The Morgan fingerprint density at radius 3 is 2.48 bits per heavy atom. The van der Waals surface area contributed by atoms with Gasteiger partial charge in [-0.25, -0.2) is 0 Å². The van der Waals surface area contributed by atoms with Crippen molar-refractivity contribution < 1.29 is 4.79 Å². The molecule has 2 aromatic rings. The summed E-state index contributed by atoms with van der Waals surface area (Å²) in [6.45, 7) is 5.14. The van der Waals surface area contributed by atoms with Gasteiger partial charge in [-0.1, -0.05) is 51.0 Å². The van der Waals surface area contributed by atoms with E-state index in [1.54, 1.807) is 0 Å². The lowest BCUT2D eigenvalue weighted by atomic mass is 10.0. The zero-order chi connectivity index (χ0) is 15.2. The van der Waals surface area contributed by atoms with Gasteiger partial charge in [0.15, 0.2) is 0 Å². The molecule has 0 bridgehead atoms. The first-order valence-corrected chi connectivity index (χ1v) is 7.64. The SMILES string of the molecule is CC(C)CCCCNC(=O)c1cc2ccccc2cc1N. The maximum atomic E-state index is 12.2. The van der Waals surface area contributed by atoms with Crippen LogP contribution < -0.4 is 11.1 Å². The Morgan fingerprint density at radius 1 is 1.14 bits per heavy atom. The fraction of sp³-hybridized carbons (Fsp3) is 0.389. The van der Waals surface area contributed by atoms with Gasteiger partial charge in [0.25, 0.3) is 5.91 Å². The van der Waals surface area contributed by atoms with E-state index >= 15 is 0 Å². The van der Waals surface area contributed by atoms with Crippen LogP contribution in [0.4, 0.5) is 5.69 Å². The molecule has 0 aliphatic heterocycles. The van der Waals surface area contributed by atoms with E-state index in [9.17, 15) is 4.79 Å². The van der Waals surface area contributed by atoms with Gasteiger partial charge in [0.2, 0.25) is 0 Å². The van der Waals surface area contributed by atoms with Crippen LogP contribution in [0.15, 0.2) is 36.4 Å². The molecule has 0 fully saturated rings. The number of nitrogens with two attached hydrogens (primary N) is 1. The van der Waals surface area contributed by atoms with E-state index in [1.807, 2.05) is 36.4 Å². The van der Waals surface area contributed by atoms with Crippen molar-refractivity contribution in [3.05, 3.63) is 42.0 Å². The maximum Gasteiger partial charge on any atom is 0.253 e. The standard InChI is InChI=1S/C18H24N2O/c1-13(2)7-5-6-10-20-18(21)16-11-14-8-3-4-9-15(14)12-17(16)19/h3-4,8-9,11-13H,5-7,10,19H2,1-2H3,(H,20,21). The summed E-state index contributed by atoms with van der Waals surface area (Å²) in [5.41, 5.74) is 7.10. The lowest BCUT2D eigenvalue weighted by Gasteiger charge is -2.09. The van der Waals surface area contributed by atoms with Crippen LogP contribution in [0.1, 0.15) is 43.5 Å². The monoisotopic (exact) mass is 284 g/mol. The van der Waals surface area contributed by atoms with Gasteiger partial charge in [-0.2, -0.15) is 0 Å². The van der Waals surface area contributed by atoms with Crippen molar-refractivity contribution in [2.24, 2.45) is 5.92 Å². The molecule has 0 saturated carbocycles. The van der Waals surface area contributed by atoms with Crippen LogP contribution in [0.25, 0.3) is 10.8 Å². The van der Waals surface area contributed by atoms with Crippen LogP contribution in [0, 0.1) is 5.92 Å². The minimum atomic E-state index is -0.0807. The Balaban J connectivity index is 1.97. The average Bonchev–Trinajstić information content (AvgIpc) is 2.45.